The maximum absolute atomic E-state index is 11.2. The maximum Gasteiger partial charge on any atom is 0.153 e. The van der Waals surface area contributed by atoms with Gasteiger partial charge >= 0.3 is 0 Å². The minimum atomic E-state index is -2.82. The minimum absolute atomic E-state index is 0.220. The van der Waals surface area contributed by atoms with Crippen molar-refractivity contribution in [2.45, 2.75) is 0 Å². The summed E-state index contributed by atoms with van der Waals surface area (Å²) in [7, 11) is -2.82. The number of anilines is 2. The van der Waals surface area contributed by atoms with Gasteiger partial charge in [0.05, 0.1) is 23.4 Å². The number of hydrogen-bond donors (Lipinski definition) is 1. The fourth-order valence-corrected chi connectivity index (χ4v) is 2.76. The van der Waals surface area contributed by atoms with Crippen LogP contribution in [0, 0.1) is 0 Å². The third-order valence-electron chi connectivity index (χ3n) is 2.48. The SMILES string of the molecule is Nc1ccc(N2CCS(=O)(=O)CC2)cn1. The molecule has 0 aromatic carbocycles. The Morgan fingerprint density at radius 3 is 2.47 bits per heavy atom. The third kappa shape index (κ3) is 2.38. The molecular formula is C9H13N3O2S. The summed E-state index contributed by atoms with van der Waals surface area (Å²) < 4.78 is 22.4. The molecule has 0 amide bonds. The number of hydrogen-bond acceptors (Lipinski definition) is 5. The number of aromatic nitrogens is 1. The Balaban J connectivity index is 2.11. The van der Waals surface area contributed by atoms with Crippen LogP contribution in [0.25, 0.3) is 0 Å². The molecule has 0 atom stereocenters. The minimum Gasteiger partial charge on any atom is -0.384 e. The Bertz CT molecular complexity index is 427. The number of sulfone groups is 1. The van der Waals surface area contributed by atoms with Gasteiger partial charge in [-0.3, -0.25) is 0 Å². The standard InChI is InChI=1S/C9H13N3O2S/c10-9-2-1-8(7-11-9)12-3-5-15(13,14)6-4-12/h1-2,7H,3-6H2,(H2,10,11). The molecule has 2 heterocycles. The van der Waals surface area contributed by atoms with Crippen molar-refractivity contribution in [3.05, 3.63) is 18.3 Å². The molecular weight excluding hydrogens is 214 g/mol. The summed E-state index contributed by atoms with van der Waals surface area (Å²) in [5.41, 5.74) is 6.40. The zero-order chi connectivity index (χ0) is 10.9. The van der Waals surface area contributed by atoms with Crippen LogP contribution in [0.3, 0.4) is 0 Å². The van der Waals surface area contributed by atoms with E-state index >= 15 is 0 Å². The topological polar surface area (TPSA) is 76.3 Å². The molecule has 6 heteroatoms. The zero-order valence-corrected chi connectivity index (χ0v) is 9.07. The molecule has 0 spiro atoms. The van der Waals surface area contributed by atoms with Gasteiger partial charge in [0.2, 0.25) is 0 Å². The average Bonchev–Trinajstić information content (AvgIpc) is 2.20. The second-order valence-electron chi connectivity index (χ2n) is 3.58. The average molecular weight is 227 g/mol. The lowest BCUT2D eigenvalue weighted by atomic mass is 10.3. The largest absolute Gasteiger partial charge is 0.384 e. The number of pyridine rings is 1. The Hall–Kier alpha value is -1.30. The highest BCUT2D eigenvalue weighted by molar-refractivity contribution is 7.91. The molecule has 2 N–H and O–H groups in total. The summed E-state index contributed by atoms with van der Waals surface area (Å²) in [6.45, 7) is 1.07. The van der Waals surface area contributed by atoms with E-state index < -0.39 is 9.84 Å². The van der Waals surface area contributed by atoms with Gasteiger partial charge < -0.3 is 10.6 Å². The fraction of sp³-hybridized carbons (Fsp3) is 0.444. The van der Waals surface area contributed by atoms with Crippen LogP contribution < -0.4 is 10.6 Å². The van der Waals surface area contributed by atoms with E-state index in [-0.39, 0.29) is 11.5 Å². The van der Waals surface area contributed by atoms with Crippen LogP contribution >= 0.6 is 0 Å². The maximum atomic E-state index is 11.2. The first-order chi connectivity index (χ1) is 7.07. The second-order valence-corrected chi connectivity index (χ2v) is 5.88. The van der Waals surface area contributed by atoms with Crippen molar-refractivity contribution in [3.63, 3.8) is 0 Å². The molecule has 1 aliphatic heterocycles. The Kier molecular flexibility index (Phi) is 2.52. The van der Waals surface area contributed by atoms with Crippen LogP contribution in [0.5, 0.6) is 0 Å². The first kappa shape index (κ1) is 10.2. The molecule has 0 unspecified atom stereocenters. The normalized spacial score (nSPS) is 20.1. The molecule has 15 heavy (non-hydrogen) atoms. The van der Waals surface area contributed by atoms with Crippen LogP contribution in [0.1, 0.15) is 0 Å². The van der Waals surface area contributed by atoms with Crippen molar-refractivity contribution in [3.8, 4) is 0 Å². The summed E-state index contributed by atoms with van der Waals surface area (Å²) in [4.78, 5) is 5.98. The molecule has 1 aromatic heterocycles. The van der Waals surface area contributed by atoms with Crippen LogP contribution in [-0.4, -0.2) is 38.0 Å². The lowest BCUT2D eigenvalue weighted by Gasteiger charge is -2.28. The summed E-state index contributed by atoms with van der Waals surface area (Å²) in [5, 5.41) is 0. The summed E-state index contributed by atoms with van der Waals surface area (Å²) in [6, 6.07) is 3.58. The van der Waals surface area contributed by atoms with Gasteiger partial charge in [-0.1, -0.05) is 0 Å². The number of nitrogens with two attached hydrogens (primary N) is 1. The van der Waals surface area contributed by atoms with Crippen LogP contribution in [0.2, 0.25) is 0 Å². The van der Waals surface area contributed by atoms with Gasteiger partial charge in [-0.2, -0.15) is 0 Å². The molecule has 1 aromatic rings. The molecule has 5 nitrogen and oxygen atoms in total. The molecule has 0 radical (unpaired) electrons. The van der Waals surface area contributed by atoms with Gasteiger partial charge in [-0.05, 0) is 12.1 Å². The molecule has 1 saturated heterocycles. The van der Waals surface area contributed by atoms with Crippen LogP contribution in [0.15, 0.2) is 18.3 Å². The van der Waals surface area contributed by atoms with Crippen molar-refractivity contribution >= 4 is 21.3 Å². The number of nitrogens with zero attached hydrogens (tertiary/aromatic N) is 2. The first-order valence-electron chi connectivity index (χ1n) is 4.74. The molecule has 1 fully saturated rings. The predicted molar refractivity (Wildman–Crippen MR) is 59.5 cm³/mol. The second kappa shape index (κ2) is 3.69. The van der Waals surface area contributed by atoms with Crippen molar-refractivity contribution in [1.82, 2.24) is 4.98 Å². The molecule has 1 aliphatic rings. The van der Waals surface area contributed by atoms with E-state index in [1.165, 1.54) is 0 Å². The third-order valence-corrected chi connectivity index (χ3v) is 4.09. The van der Waals surface area contributed by atoms with Gasteiger partial charge in [0.1, 0.15) is 5.82 Å². The summed E-state index contributed by atoms with van der Waals surface area (Å²) >= 11 is 0. The Morgan fingerprint density at radius 1 is 1.27 bits per heavy atom. The van der Waals surface area contributed by atoms with E-state index in [4.69, 9.17) is 5.73 Å². The van der Waals surface area contributed by atoms with Crippen molar-refractivity contribution in [2.75, 3.05) is 35.2 Å². The molecule has 0 aliphatic carbocycles. The molecule has 2 rings (SSSR count). The van der Waals surface area contributed by atoms with Crippen LogP contribution in [-0.2, 0) is 9.84 Å². The predicted octanol–water partition coefficient (Wildman–Crippen LogP) is -0.101. The van der Waals surface area contributed by atoms with E-state index in [0.717, 1.165) is 5.69 Å². The monoisotopic (exact) mass is 227 g/mol. The smallest absolute Gasteiger partial charge is 0.153 e. The Morgan fingerprint density at radius 2 is 1.93 bits per heavy atom. The number of nitrogen functional groups attached to an aromatic ring is 1. The van der Waals surface area contributed by atoms with Gasteiger partial charge in [0.25, 0.3) is 0 Å². The molecule has 0 saturated carbocycles. The van der Waals surface area contributed by atoms with Gasteiger partial charge in [-0.25, -0.2) is 13.4 Å². The van der Waals surface area contributed by atoms with Crippen molar-refractivity contribution in [1.29, 1.82) is 0 Å². The van der Waals surface area contributed by atoms with E-state index in [1.54, 1.807) is 12.3 Å². The lowest BCUT2D eigenvalue weighted by molar-refractivity contribution is 0.586. The van der Waals surface area contributed by atoms with E-state index in [0.29, 0.717) is 18.9 Å². The quantitative estimate of drug-likeness (QED) is 0.725. The lowest BCUT2D eigenvalue weighted by Crippen LogP contribution is -2.40. The first-order valence-corrected chi connectivity index (χ1v) is 6.56. The highest BCUT2D eigenvalue weighted by atomic mass is 32.2. The van der Waals surface area contributed by atoms with Crippen molar-refractivity contribution in [2.24, 2.45) is 0 Å². The van der Waals surface area contributed by atoms with E-state index in [9.17, 15) is 8.42 Å². The summed E-state index contributed by atoms with van der Waals surface area (Å²) in [6.07, 6.45) is 1.67. The van der Waals surface area contributed by atoms with Crippen molar-refractivity contribution < 1.29 is 8.42 Å². The highest BCUT2D eigenvalue weighted by Gasteiger charge is 2.21. The van der Waals surface area contributed by atoms with E-state index in [2.05, 4.69) is 4.98 Å². The van der Waals surface area contributed by atoms with Gasteiger partial charge in [-0.15, -0.1) is 0 Å². The molecule has 82 valence electrons. The summed E-state index contributed by atoms with van der Waals surface area (Å²) in [5.74, 6) is 0.915. The van der Waals surface area contributed by atoms with E-state index in [1.807, 2.05) is 11.0 Å². The molecule has 0 bridgehead atoms. The van der Waals surface area contributed by atoms with Gasteiger partial charge in [0, 0.05) is 13.1 Å². The Labute approximate surface area is 88.8 Å². The number of rotatable bonds is 1. The van der Waals surface area contributed by atoms with Crippen LogP contribution in [0.4, 0.5) is 11.5 Å². The van der Waals surface area contributed by atoms with Gasteiger partial charge in [0.15, 0.2) is 9.84 Å². The highest BCUT2D eigenvalue weighted by Crippen LogP contribution is 2.16. The fourth-order valence-electron chi connectivity index (χ4n) is 1.56. The zero-order valence-electron chi connectivity index (χ0n) is 8.26.